The van der Waals surface area contributed by atoms with Gasteiger partial charge in [-0.15, -0.1) is 0 Å². The highest BCUT2D eigenvalue weighted by molar-refractivity contribution is 6.01. The third-order valence-electron chi connectivity index (χ3n) is 4.41. The first-order valence-electron chi connectivity index (χ1n) is 7.55. The summed E-state index contributed by atoms with van der Waals surface area (Å²) in [5.41, 5.74) is 8.92. The Balaban J connectivity index is 1.78. The fourth-order valence-corrected chi connectivity index (χ4v) is 3.18. The van der Waals surface area contributed by atoms with Gasteiger partial charge in [0, 0.05) is 24.0 Å². The van der Waals surface area contributed by atoms with Gasteiger partial charge in [0.15, 0.2) is 0 Å². The van der Waals surface area contributed by atoms with Gasteiger partial charge in [0.05, 0.1) is 11.2 Å². The van der Waals surface area contributed by atoms with Gasteiger partial charge in [0.1, 0.15) is 0 Å². The first-order chi connectivity index (χ1) is 10.1. The number of carbonyl (C=O) groups is 1. The molecule has 0 radical (unpaired) electrons. The van der Waals surface area contributed by atoms with Gasteiger partial charge in [-0.25, -0.2) is 0 Å². The van der Waals surface area contributed by atoms with E-state index in [1.807, 2.05) is 31.2 Å². The molecule has 1 aliphatic rings. The second kappa shape index (κ2) is 5.82. The van der Waals surface area contributed by atoms with Gasteiger partial charge in [0.2, 0.25) is 5.91 Å². The molecule has 4 heteroatoms. The summed E-state index contributed by atoms with van der Waals surface area (Å²) in [6, 6.07) is 8.00. The van der Waals surface area contributed by atoms with Crippen LogP contribution in [0.4, 0.5) is 5.69 Å². The van der Waals surface area contributed by atoms with Crippen LogP contribution in [0.3, 0.4) is 0 Å². The van der Waals surface area contributed by atoms with Gasteiger partial charge >= 0.3 is 0 Å². The molecule has 1 aromatic heterocycles. The monoisotopic (exact) mass is 283 g/mol. The number of nitrogens with zero attached hydrogens (tertiary/aromatic N) is 1. The molecule has 2 atom stereocenters. The third-order valence-corrected chi connectivity index (χ3v) is 4.41. The predicted molar refractivity (Wildman–Crippen MR) is 85.0 cm³/mol. The lowest BCUT2D eigenvalue weighted by Gasteiger charge is -2.15. The van der Waals surface area contributed by atoms with Gasteiger partial charge in [-0.05, 0) is 49.4 Å². The molecule has 110 valence electrons. The molecule has 0 saturated heterocycles. The lowest BCUT2D eigenvalue weighted by Crippen LogP contribution is -2.28. The van der Waals surface area contributed by atoms with Crippen LogP contribution in [-0.2, 0) is 4.79 Å². The van der Waals surface area contributed by atoms with Crippen molar-refractivity contribution >= 4 is 22.5 Å². The highest BCUT2D eigenvalue weighted by Gasteiger charge is 2.26. The van der Waals surface area contributed by atoms with Gasteiger partial charge in [-0.1, -0.05) is 12.5 Å². The van der Waals surface area contributed by atoms with Crippen molar-refractivity contribution < 1.29 is 4.79 Å². The minimum atomic E-state index is 0.0476. The Hall–Kier alpha value is -1.94. The molecule has 1 aromatic carbocycles. The summed E-state index contributed by atoms with van der Waals surface area (Å²) >= 11 is 0. The number of benzene rings is 1. The summed E-state index contributed by atoms with van der Waals surface area (Å²) in [5, 5.41) is 4.01. The van der Waals surface area contributed by atoms with E-state index in [9.17, 15) is 4.79 Å². The molecule has 1 fully saturated rings. The minimum Gasteiger partial charge on any atom is -0.327 e. The fourth-order valence-electron chi connectivity index (χ4n) is 3.18. The largest absolute Gasteiger partial charge is 0.327 e. The number of aromatic nitrogens is 1. The van der Waals surface area contributed by atoms with E-state index in [4.69, 9.17) is 5.73 Å². The summed E-state index contributed by atoms with van der Waals surface area (Å²) in [6.45, 7) is 2.03. The number of nitrogens with one attached hydrogen (secondary N) is 1. The molecule has 1 aliphatic carbocycles. The number of anilines is 1. The van der Waals surface area contributed by atoms with Crippen LogP contribution in [0.15, 0.2) is 30.5 Å². The summed E-state index contributed by atoms with van der Waals surface area (Å²) < 4.78 is 0. The van der Waals surface area contributed by atoms with Crippen LogP contribution in [-0.4, -0.2) is 16.9 Å². The maximum absolute atomic E-state index is 12.3. The molecule has 0 unspecified atom stereocenters. The number of pyridine rings is 1. The van der Waals surface area contributed by atoms with Crippen LogP contribution in [0.1, 0.15) is 31.2 Å². The number of rotatable bonds is 3. The lowest BCUT2D eigenvalue weighted by molar-refractivity contribution is -0.117. The zero-order valence-corrected chi connectivity index (χ0v) is 12.3. The molecule has 0 spiro atoms. The minimum absolute atomic E-state index is 0.0476. The summed E-state index contributed by atoms with van der Waals surface area (Å²) in [4.78, 5) is 16.6. The molecule has 0 aliphatic heterocycles. The number of nitrogens with two attached hydrogens (primary N) is 1. The highest BCUT2D eigenvalue weighted by atomic mass is 16.1. The molecule has 3 N–H and O–H groups in total. The number of hydrogen-bond acceptors (Lipinski definition) is 3. The molecule has 1 amide bonds. The topological polar surface area (TPSA) is 68.0 Å². The molecule has 1 heterocycles. The molecule has 1 saturated carbocycles. The number of amides is 1. The van der Waals surface area contributed by atoms with E-state index in [2.05, 4.69) is 10.3 Å². The number of hydrogen-bond donors (Lipinski definition) is 2. The zero-order chi connectivity index (χ0) is 14.8. The van der Waals surface area contributed by atoms with E-state index in [0.29, 0.717) is 12.3 Å². The van der Waals surface area contributed by atoms with Gasteiger partial charge in [-0.2, -0.15) is 0 Å². The van der Waals surface area contributed by atoms with Crippen LogP contribution in [0.2, 0.25) is 0 Å². The fraction of sp³-hybridized carbons (Fsp3) is 0.412. The standard InChI is InChI=1S/C17H21N3O/c1-11-7-8-15(13-5-3-9-19-17(11)13)20-16(21)10-12-4-2-6-14(12)18/h3,5,7-9,12,14H,2,4,6,10,18H2,1H3,(H,20,21)/t12-,14+/m0/s1. The van der Waals surface area contributed by atoms with Crippen LogP contribution in [0, 0.1) is 12.8 Å². The van der Waals surface area contributed by atoms with E-state index in [1.54, 1.807) is 6.20 Å². The number of carbonyl (C=O) groups excluding carboxylic acids is 1. The summed E-state index contributed by atoms with van der Waals surface area (Å²) in [6.07, 6.45) is 5.52. The van der Waals surface area contributed by atoms with Crippen molar-refractivity contribution in [1.29, 1.82) is 0 Å². The van der Waals surface area contributed by atoms with Crippen LogP contribution in [0.25, 0.3) is 10.9 Å². The van der Waals surface area contributed by atoms with Crippen molar-refractivity contribution in [2.45, 2.75) is 38.6 Å². The Morgan fingerprint density at radius 2 is 2.24 bits per heavy atom. The van der Waals surface area contributed by atoms with Crippen molar-refractivity contribution in [3.05, 3.63) is 36.0 Å². The number of fused-ring (bicyclic) bond motifs is 1. The van der Waals surface area contributed by atoms with Crippen LogP contribution in [0.5, 0.6) is 0 Å². The van der Waals surface area contributed by atoms with Crippen molar-refractivity contribution in [1.82, 2.24) is 4.98 Å². The van der Waals surface area contributed by atoms with E-state index >= 15 is 0 Å². The van der Waals surface area contributed by atoms with Gasteiger partial charge in [0.25, 0.3) is 0 Å². The van der Waals surface area contributed by atoms with E-state index < -0.39 is 0 Å². The maximum Gasteiger partial charge on any atom is 0.224 e. The average Bonchev–Trinajstić information content (AvgIpc) is 2.88. The first kappa shape index (κ1) is 14.0. The van der Waals surface area contributed by atoms with Crippen molar-refractivity contribution in [2.24, 2.45) is 11.7 Å². The summed E-state index contributed by atoms with van der Waals surface area (Å²) in [7, 11) is 0. The van der Waals surface area contributed by atoms with Crippen molar-refractivity contribution in [3.63, 3.8) is 0 Å². The Morgan fingerprint density at radius 3 is 3.00 bits per heavy atom. The van der Waals surface area contributed by atoms with Crippen LogP contribution >= 0.6 is 0 Å². The van der Waals surface area contributed by atoms with E-state index in [0.717, 1.165) is 41.4 Å². The normalized spacial score (nSPS) is 21.6. The van der Waals surface area contributed by atoms with E-state index in [-0.39, 0.29) is 11.9 Å². The quantitative estimate of drug-likeness (QED) is 0.910. The molecule has 21 heavy (non-hydrogen) atoms. The zero-order valence-electron chi connectivity index (χ0n) is 12.3. The Labute approximate surface area is 124 Å². The Morgan fingerprint density at radius 1 is 1.38 bits per heavy atom. The van der Waals surface area contributed by atoms with Crippen LogP contribution < -0.4 is 11.1 Å². The second-order valence-electron chi connectivity index (χ2n) is 5.94. The third kappa shape index (κ3) is 2.90. The Kier molecular flexibility index (Phi) is 3.88. The average molecular weight is 283 g/mol. The van der Waals surface area contributed by atoms with Crippen molar-refractivity contribution in [3.8, 4) is 0 Å². The Bertz CT molecular complexity index is 668. The SMILES string of the molecule is Cc1ccc(NC(=O)C[C@@H]2CCC[C@H]2N)c2cccnc12. The maximum atomic E-state index is 12.3. The first-order valence-corrected chi connectivity index (χ1v) is 7.55. The lowest BCUT2D eigenvalue weighted by atomic mass is 9.99. The van der Waals surface area contributed by atoms with Gasteiger partial charge < -0.3 is 11.1 Å². The molecular weight excluding hydrogens is 262 g/mol. The summed E-state index contributed by atoms with van der Waals surface area (Å²) in [5.74, 6) is 0.367. The molecule has 2 aromatic rings. The number of aryl methyl sites for hydroxylation is 1. The smallest absolute Gasteiger partial charge is 0.224 e. The van der Waals surface area contributed by atoms with Crippen molar-refractivity contribution in [2.75, 3.05) is 5.32 Å². The molecular formula is C17H21N3O. The predicted octanol–water partition coefficient (Wildman–Crippen LogP) is 3.00. The molecule has 0 bridgehead atoms. The van der Waals surface area contributed by atoms with E-state index in [1.165, 1.54) is 0 Å². The highest BCUT2D eigenvalue weighted by Crippen LogP contribution is 2.28. The molecule has 4 nitrogen and oxygen atoms in total. The second-order valence-corrected chi connectivity index (χ2v) is 5.94. The van der Waals surface area contributed by atoms with Gasteiger partial charge in [-0.3, -0.25) is 9.78 Å². The molecule has 3 rings (SSSR count).